The first-order valence-electron chi connectivity index (χ1n) is 8.26. The highest BCUT2D eigenvalue weighted by atomic mass is 127. The van der Waals surface area contributed by atoms with Gasteiger partial charge in [-0.3, -0.25) is 4.99 Å². The third-order valence-electron chi connectivity index (χ3n) is 3.81. The minimum Gasteiger partial charge on any atom is -0.465 e. The number of carbonyl (C=O) groups is 1. The Morgan fingerprint density at radius 1 is 1.23 bits per heavy atom. The van der Waals surface area contributed by atoms with Crippen LogP contribution in [0.1, 0.15) is 27.7 Å². The zero-order chi connectivity index (χ0) is 18.1. The maximum Gasteiger partial charge on any atom is 0.337 e. The predicted molar refractivity (Wildman–Crippen MR) is 119 cm³/mol. The Hall–Kier alpha value is -1.61. The van der Waals surface area contributed by atoms with Gasteiger partial charge in [0.2, 0.25) is 0 Å². The van der Waals surface area contributed by atoms with Crippen molar-refractivity contribution in [3.63, 3.8) is 0 Å². The fourth-order valence-corrected chi connectivity index (χ4v) is 3.27. The lowest BCUT2D eigenvalue weighted by Crippen LogP contribution is -2.39. The highest BCUT2D eigenvalue weighted by Crippen LogP contribution is 2.13. The predicted octanol–water partition coefficient (Wildman–Crippen LogP) is 3.70. The lowest BCUT2D eigenvalue weighted by atomic mass is 10.1. The zero-order valence-electron chi connectivity index (χ0n) is 15.3. The maximum absolute atomic E-state index is 11.4. The molecule has 1 aromatic carbocycles. The van der Waals surface area contributed by atoms with Crippen LogP contribution < -0.4 is 10.6 Å². The number of aliphatic imine (C=N–C) groups is 1. The maximum atomic E-state index is 11.4. The van der Waals surface area contributed by atoms with Gasteiger partial charge in [-0.2, -0.15) is 0 Å². The topological polar surface area (TPSA) is 62.7 Å². The van der Waals surface area contributed by atoms with Crippen LogP contribution in [0.5, 0.6) is 0 Å². The molecule has 0 fully saturated rings. The van der Waals surface area contributed by atoms with Crippen molar-refractivity contribution in [2.24, 2.45) is 10.9 Å². The summed E-state index contributed by atoms with van der Waals surface area (Å²) in [5.74, 6) is 0.975. The molecule has 5 nitrogen and oxygen atoms in total. The average Bonchev–Trinajstić information content (AvgIpc) is 3.14. The van der Waals surface area contributed by atoms with Gasteiger partial charge >= 0.3 is 5.97 Å². The van der Waals surface area contributed by atoms with Crippen molar-refractivity contribution in [2.75, 3.05) is 20.7 Å². The minimum absolute atomic E-state index is 0. The van der Waals surface area contributed by atoms with Crippen molar-refractivity contribution in [2.45, 2.75) is 19.9 Å². The molecule has 0 spiro atoms. The number of ether oxygens (including phenoxy) is 1. The first-order chi connectivity index (χ1) is 12.1. The van der Waals surface area contributed by atoms with Crippen molar-refractivity contribution >= 4 is 47.2 Å². The third kappa shape index (κ3) is 7.33. The first kappa shape index (κ1) is 22.4. The summed E-state index contributed by atoms with van der Waals surface area (Å²) in [6.07, 6.45) is 1.07. The van der Waals surface area contributed by atoms with Crippen LogP contribution in [0.2, 0.25) is 0 Å². The molecule has 142 valence electrons. The third-order valence-corrected chi connectivity index (χ3v) is 4.71. The van der Waals surface area contributed by atoms with Crippen LogP contribution in [0, 0.1) is 5.92 Å². The fourth-order valence-electron chi connectivity index (χ4n) is 2.40. The van der Waals surface area contributed by atoms with Gasteiger partial charge in [0.25, 0.3) is 0 Å². The summed E-state index contributed by atoms with van der Waals surface area (Å²) in [7, 11) is 3.15. The molecular weight excluding hydrogens is 461 g/mol. The molecule has 0 aliphatic rings. The number of nitrogens with zero attached hydrogens (tertiary/aromatic N) is 1. The highest BCUT2D eigenvalue weighted by Gasteiger charge is 2.07. The zero-order valence-corrected chi connectivity index (χ0v) is 18.5. The molecule has 7 heteroatoms. The summed E-state index contributed by atoms with van der Waals surface area (Å²) in [4.78, 5) is 17.1. The van der Waals surface area contributed by atoms with E-state index in [4.69, 9.17) is 4.74 Å². The Labute approximate surface area is 176 Å². The van der Waals surface area contributed by atoms with E-state index in [1.54, 1.807) is 30.5 Å². The first-order valence-corrected chi connectivity index (χ1v) is 9.14. The summed E-state index contributed by atoms with van der Waals surface area (Å²) in [6.45, 7) is 3.73. The number of rotatable bonds is 7. The van der Waals surface area contributed by atoms with E-state index in [2.05, 4.69) is 40.1 Å². The van der Waals surface area contributed by atoms with Gasteiger partial charge in [0, 0.05) is 25.0 Å². The number of methoxy groups -OCH3 is 1. The lowest BCUT2D eigenvalue weighted by molar-refractivity contribution is 0.0600. The highest BCUT2D eigenvalue weighted by molar-refractivity contribution is 14.0. The van der Waals surface area contributed by atoms with Crippen molar-refractivity contribution < 1.29 is 9.53 Å². The largest absolute Gasteiger partial charge is 0.465 e. The van der Waals surface area contributed by atoms with Crippen LogP contribution in [-0.2, 0) is 17.7 Å². The Balaban J connectivity index is 0.00000338. The van der Waals surface area contributed by atoms with Crippen LogP contribution >= 0.6 is 35.3 Å². The lowest BCUT2D eigenvalue weighted by Gasteiger charge is -2.15. The summed E-state index contributed by atoms with van der Waals surface area (Å²) in [5, 5.41) is 8.76. The van der Waals surface area contributed by atoms with E-state index in [1.807, 2.05) is 12.1 Å². The molecule has 1 unspecified atom stereocenters. The van der Waals surface area contributed by atoms with E-state index in [1.165, 1.54) is 12.0 Å². The number of carbonyl (C=O) groups excluding carboxylic acids is 1. The van der Waals surface area contributed by atoms with Crippen molar-refractivity contribution in [1.29, 1.82) is 0 Å². The molecule has 1 heterocycles. The van der Waals surface area contributed by atoms with Gasteiger partial charge in [0.1, 0.15) is 0 Å². The molecule has 26 heavy (non-hydrogen) atoms. The number of esters is 1. The Bertz CT molecular complexity index is 687. The number of guanidine groups is 1. The molecule has 2 aromatic rings. The molecule has 0 aliphatic carbocycles. The molecule has 0 bridgehead atoms. The van der Waals surface area contributed by atoms with Gasteiger partial charge in [0.15, 0.2) is 5.96 Å². The van der Waals surface area contributed by atoms with Gasteiger partial charge in [-0.25, -0.2) is 4.79 Å². The van der Waals surface area contributed by atoms with Gasteiger partial charge < -0.3 is 15.4 Å². The molecule has 2 N–H and O–H groups in total. The van der Waals surface area contributed by atoms with Gasteiger partial charge in [-0.15, -0.1) is 35.3 Å². The van der Waals surface area contributed by atoms with Gasteiger partial charge in [0.05, 0.1) is 12.7 Å². The summed E-state index contributed by atoms with van der Waals surface area (Å²) in [5.41, 5.74) is 1.62. The van der Waals surface area contributed by atoms with Crippen LogP contribution in [0.4, 0.5) is 0 Å². The average molecular weight is 487 g/mol. The fraction of sp³-hybridized carbons (Fsp3) is 0.368. The van der Waals surface area contributed by atoms with Crippen molar-refractivity contribution in [3.8, 4) is 0 Å². The van der Waals surface area contributed by atoms with Crippen LogP contribution in [0.25, 0.3) is 0 Å². The smallest absolute Gasteiger partial charge is 0.337 e. The van der Waals surface area contributed by atoms with Crippen LogP contribution in [0.3, 0.4) is 0 Å². The summed E-state index contributed by atoms with van der Waals surface area (Å²) < 4.78 is 4.70. The minimum atomic E-state index is -0.322. The van der Waals surface area contributed by atoms with Gasteiger partial charge in [-0.05, 0) is 41.5 Å². The molecular formula is C19H26IN3O2S. The van der Waals surface area contributed by atoms with E-state index < -0.39 is 0 Å². The molecule has 0 saturated carbocycles. The van der Waals surface area contributed by atoms with E-state index in [0.29, 0.717) is 18.0 Å². The second-order valence-electron chi connectivity index (χ2n) is 5.88. The number of halogens is 1. The van der Waals surface area contributed by atoms with E-state index in [0.717, 1.165) is 24.5 Å². The number of nitrogens with one attached hydrogen (secondary N) is 2. The van der Waals surface area contributed by atoms with Crippen molar-refractivity contribution in [3.05, 3.63) is 57.8 Å². The molecule has 0 saturated heterocycles. The number of hydrogen-bond donors (Lipinski definition) is 2. The molecule has 0 amide bonds. The number of hydrogen-bond acceptors (Lipinski definition) is 4. The number of thiophene rings is 1. The summed E-state index contributed by atoms with van der Waals surface area (Å²) >= 11 is 1.80. The molecule has 0 radical (unpaired) electrons. The second kappa shape index (κ2) is 11.9. The standard InChI is InChI=1S/C19H25N3O2S.HI/c1-14(11-17-5-4-10-25-17)12-21-19(20-2)22-13-15-6-8-16(9-7-15)18(23)24-3;/h4-10,14H,11-13H2,1-3H3,(H2,20,21,22);1H. The van der Waals surface area contributed by atoms with E-state index in [-0.39, 0.29) is 29.9 Å². The van der Waals surface area contributed by atoms with E-state index in [9.17, 15) is 4.79 Å². The Morgan fingerprint density at radius 2 is 1.96 bits per heavy atom. The SMILES string of the molecule is CN=C(NCc1ccc(C(=O)OC)cc1)NCC(C)Cc1cccs1.I. The molecule has 1 aromatic heterocycles. The van der Waals surface area contributed by atoms with Crippen molar-refractivity contribution in [1.82, 2.24) is 10.6 Å². The Kier molecular flexibility index (Phi) is 10.3. The van der Waals surface area contributed by atoms with Crippen LogP contribution in [0.15, 0.2) is 46.8 Å². The normalized spacial score (nSPS) is 12.0. The molecule has 2 rings (SSSR count). The molecule has 1 atom stereocenters. The summed E-state index contributed by atoms with van der Waals surface area (Å²) in [6, 6.07) is 11.6. The Morgan fingerprint density at radius 3 is 2.54 bits per heavy atom. The van der Waals surface area contributed by atoms with Crippen LogP contribution in [-0.4, -0.2) is 32.6 Å². The van der Waals surface area contributed by atoms with E-state index >= 15 is 0 Å². The second-order valence-corrected chi connectivity index (χ2v) is 6.92. The molecule has 0 aliphatic heterocycles. The number of benzene rings is 1. The monoisotopic (exact) mass is 487 g/mol. The van der Waals surface area contributed by atoms with Gasteiger partial charge in [-0.1, -0.05) is 25.1 Å². The quantitative estimate of drug-likeness (QED) is 0.271.